The van der Waals surface area contributed by atoms with Crippen molar-refractivity contribution in [2.24, 2.45) is 0 Å². The third-order valence-corrected chi connectivity index (χ3v) is 7.21. The largest absolute Gasteiger partial charge is 0.462 e. The highest BCUT2D eigenvalue weighted by molar-refractivity contribution is 7.87. The molecule has 3 aromatic rings. The van der Waals surface area contributed by atoms with Crippen molar-refractivity contribution in [2.45, 2.75) is 51.1 Å². The number of amides is 1. The summed E-state index contributed by atoms with van der Waals surface area (Å²) in [5.41, 5.74) is 1.11. The van der Waals surface area contributed by atoms with Crippen molar-refractivity contribution in [3.63, 3.8) is 0 Å². The number of halogens is 1. The lowest BCUT2D eigenvalue weighted by Gasteiger charge is -2.27. The molecule has 0 spiro atoms. The lowest BCUT2D eigenvalue weighted by molar-refractivity contribution is 0.0494. The van der Waals surface area contributed by atoms with Crippen molar-refractivity contribution in [1.29, 1.82) is 0 Å². The molecule has 3 aromatic carbocycles. The second-order valence-electron chi connectivity index (χ2n) is 8.67. The molecule has 0 radical (unpaired) electrons. The smallest absolute Gasteiger partial charge is 0.340 e. The van der Waals surface area contributed by atoms with E-state index >= 15 is 0 Å². The summed E-state index contributed by atoms with van der Waals surface area (Å²) in [5, 5.41) is 0.377. The van der Waals surface area contributed by atoms with Crippen LogP contribution in [0, 0.1) is 0 Å². The number of benzene rings is 3. The zero-order chi connectivity index (χ0) is 27.0. The molecule has 1 amide bonds. The maximum absolute atomic E-state index is 13.1. The number of hydrogen-bond acceptors (Lipinski definition) is 6. The zero-order valence-electron chi connectivity index (χ0n) is 21.0. The highest BCUT2D eigenvalue weighted by atomic mass is 35.5. The third-order valence-electron chi connectivity index (χ3n) is 5.58. The minimum absolute atomic E-state index is 0.0754. The Morgan fingerprint density at radius 1 is 0.919 bits per heavy atom. The van der Waals surface area contributed by atoms with Gasteiger partial charge in [0.25, 0.3) is 5.91 Å². The van der Waals surface area contributed by atoms with Crippen LogP contribution in [0.5, 0.6) is 5.75 Å². The van der Waals surface area contributed by atoms with Crippen molar-refractivity contribution >= 4 is 33.6 Å². The quantitative estimate of drug-likeness (QED) is 0.164. The summed E-state index contributed by atoms with van der Waals surface area (Å²) in [4.78, 5) is 26.9. The molecule has 0 bridgehead atoms. The van der Waals surface area contributed by atoms with Gasteiger partial charge in [-0.15, -0.1) is 0 Å². The molecule has 0 saturated heterocycles. The van der Waals surface area contributed by atoms with Crippen molar-refractivity contribution in [3.8, 4) is 5.75 Å². The summed E-state index contributed by atoms with van der Waals surface area (Å²) in [6.45, 7) is 6.27. The molecule has 0 aliphatic carbocycles. The minimum atomic E-state index is -4.30. The number of hydrogen-bond donors (Lipinski definition) is 0. The number of unbranched alkanes of at least 4 members (excludes halogenated alkanes) is 1. The normalized spacial score (nSPS) is 11.3. The van der Waals surface area contributed by atoms with Gasteiger partial charge in [-0.05, 0) is 62.2 Å². The van der Waals surface area contributed by atoms with Gasteiger partial charge in [0.05, 0.1) is 22.8 Å². The van der Waals surface area contributed by atoms with E-state index in [4.69, 9.17) is 20.5 Å². The van der Waals surface area contributed by atoms with Gasteiger partial charge in [0.15, 0.2) is 0 Å². The highest BCUT2D eigenvalue weighted by Gasteiger charge is 2.25. The van der Waals surface area contributed by atoms with E-state index in [1.54, 1.807) is 47.4 Å². The van der Waals surface area contributed by atoms with Gasteiger partial charge in [0.1, 0.15) is 10.6 Å². The van der Waals surface area contributed by atoms with Crippen LogP contribution in [0.3, 0.4) is 0 Å². The van der Waals surface area contributed by atoms with Crippen LogP contribution >= 0.6 is 11.6 Å². The van der Waals surface area contributed by atoms with E-state index in [9.17, 15) is 18.0 Å². The first-order valence-corrected chi connectivity index (χ1v) is 13.8. The van der Waals surface area contributed by atoms with Gasteiger partial charge in [-0.2, -0.15) is 8.42 Å². The Morgan fingerprint density at radius 3 is 2.16 bits per heavy atom. The summed E-state index contributed by atoms with van der Waals surface area (Å²) in [7, 11) is -4.30. The third kappa shape index (κ3) is 7.33. The Morgan fingerprint density at radius 2 is 1.54 bits per heavy atom. The lowest BCUT2D eigenvalue weighted by Crippen LogP contribution is -2.36. The first-order chi connectivity index (χ1) is 17.6. The van der Waals surface area contributed by atoms with E-state index in [0.717, 1.165) is 12.0 Å². The predicted octanol–water partition coefficient (Wildman–Crippen LogP) is 6.12. The van der Waals surface area contributed by atoms with Crippen LogP contribution in [0.25, 0.3) is 0 Å². The molecular weight excluding hydrogens is 514 g/mol. The molecule has 0 saturated carbocycles. The van der Waals surface area contributed by atoms with Gasteiger partial charge in [-0.1, -0.05) is 61.3 Å². The maximum atomic E-state index is 13.1. The van der Waals surface area contributed by atoms with Gasteiger partial charge < -0.3 is 13.8 Å². The molecule has 9 heteroatoms. The zero-order valence-corrected chi connectivity index (χ0v) is 22.6. The topological polar surface area (TPSA) is 90.0 Å². The van der Waals surface area contributed by atoms with Gasteiger partial charge in [0, 0.05) is 12.6 Å². The number of esters is 1. The van der Waals surface area contributed by atoms with Crippen LogP contribution in [0.15, 0.2) is 77.7 Å². The molecule has 196 valence electrons. The van der Waals surface area contributed by atoms with E-state index < -0.39 is 16.1 Å². The Kier molecular flexibility index (Phi) is 9.72. The van der Waals surface area contributed by atoms with Gasteiger partial charge in [-0.3, -0.25) is 4.79 Å². The van der Waals surface area contributed by atoms with Gasteiger partial charge >= 0.3 is 16.1 Å². The molecule has 0 atom stereocenters. The molecule has 0 aliphatic rings. The average Bonchev–Trinajstić information content (AvgIpc) is 2.88. The van der Waals surface area contributed by atoms with Crippen molar-refractivity contribution in [1.82, 2.24) is 4.90 Å². The Hall–Kier alpha value is -3.36. The van der Waals surface area contributed by atoms with Crippen LogP contribution < -0.4 is 4.18 Å². The molecular formula is C28H30ClNO6S. The van der Waals surface area contributed by atoms with Gasteiger partial charge in [-0.25, -0.2) is 4.79 Å². The number of nitrogens with zero attached hydrogens (tertiary/aromatic N) is 1. The van der Waals surface area contributed by atoms with E-state index in [0.29, 0.717) is 23.6 Å². The molecule has 7 nitrogen and oxygen atoms in total. The Balaban J connectivity index is 1.76. The van der Waals surface area contributed by atoms with Gasteiger partial charge in [0.2, 0.25) is 0 Å². The molecule has 0 aliphatic heterocycles. The molecule has 37 heavy (non-hydrogen) atoms. The summed E-state index contributed by atoms with van der Waals surface area (Å²) in [6, 6.07) is 18.9. The van der Waals surface area contributed by atoms with Crippen LogP contribution in [-0.2, 0) is 21.4 Å². The van der Waals surface area contributed by atoms with E-state index in [-0.39, 0.29) is 34.8 Å². The minimum Gasteiger partial charge on any atom is -0.462 e. The fraction of sp³-hybridized carbons (Fsp3) is 0.286. The maximum Gasteiger partial charge on any atom is 0.340 e. The number of carbonyl (C=O) groups excluding carboxylic acids is 2. The Labute approximate surface area is 223 Å². The monoisotopic (exact) mass is 543 g/mol. The fourth-order valence-corrected chi connectivity index (χ4v) is 4.87. The SMILES string of the molecule is CCCCOC(=O)c1ccccc1S(=O)(=O)Oc1ccc(CN(C(=O)c2ccccc2Cl)C(C)C)cc1. The number of ether oxygens (including phenoxy) is 1. The van der Waals surface area contributed by atoms with Crippen molar-refractivity contribution < 1.29 is 26.9 Å². The second kappa shape index (κ2) is 12.7. The summed E-state index contributed by atoms with van der Waals surface area (Å²) >= 11 is 6.22. The Bertz CT molecular complexity index is 1340. The lowest BCUT2D eigenvalue weighted by atomic mass is 10.1. The van der Waals surface area contributed by atoms with Crippen LogP contribution in [-0.4, -0.2) is 37.8 Å². The van der Waals surface area contributed by atoms with Crippen molar-refractivity contribution in [2.75, 3.05) is 6.61 Å². The van der Waals surface area contributed by atoms with Crippen LogP contribution in [0.2, 0.25) is 5.02 Å². The molecule has 3 rings (SSSR count). The standard InChI is InChI=1S/C28H30ClNO6S/c1-4-5-18-35-28(32)24-11-7-9-13-26(24)37(33,34)36-22-16-14-21(15-17-22)19-30(20(2)3)27(31)23-10-6-8-12-25(23)29/h6-17,20H,4-5,18-19H2,1-3H3. The first kappa shape index (κ1) is 28.2. The number of rotatable bonds is 11. The summed E-state index contributed by atoms with van der Waals surface area (Å²) < 4.78 is 36.5. The van der Waals surface area contributed by atoms with E-state index in [2.05, 4.69) is 0 Å². The molecule has 0 fully saturated rings. The predicted molar refractivity (Wildman–Crippen MR) is 142 cm³/mol. The number of carbonyl (C=O) groups is 2. The first-order valence-electron chi connectivity index (χ1n) is 12.0. The van der Waals surface area contributed by atoms with E-state index in [1.165, 1.54) is 30.3 Å². The average molecular weight is 544 g/mol. The van der Waals surface area contributed by atoms with Crippen molar-refractivity contribution in [3.05, 3.63) is 94.5 Å². The fourth-order valence-electron chi connectivity index (χ4n) is 3.54. The second-order valence-corrected chi connectivity index (χ2v) is 10.6. The van der Waals surface area contributed by atoms with Crippen LogP contribution in [0.4, 0.5) is 0 Å². The molecule has 0 unspecified atom stereocenters. The van der Waals surface area contributed by atoms with Crippen LogP contribution in [0.1, 0.15) is 59.9 Å². The molecule has 0 aromatic heterocycles. The summed E-state index contributed by atoms with van der Waals surface area (Å²) in [6.07, 6.45) is 1.52. The van der Waals surface area contributed by atoms with E-state index in [1.807, 2.05) is 20.8 Å². The molecule has 0 heterocycles. The summed E-state index contributed by atoms with van der Waals surface area (Å²) in [5.74, 6) is -0.846. The highest BCUT2D eigenvalue weighted by Crippen LogP contribution is 2.24. The molecule has 0 N–H and O–H groups in total.